The van der Waals surface area contributed by atoms with Crippen molar-refractivity contribution in [3.63, 3.8) is 0 Å². The maximum absolute atomic E-state index is 10.4. The number of hydrogen-bond acceptors (Lipinski definition) is 3. The maximum atomic E-state index is 10.4. The number of hydrogen-bond donors (Lipinski definition) is 1. The van der Waals surface area contributed by atoms with Gasteiger partial charge < -0.3 is 14.6 Å². The zero-order chi connectivity index (χ0) is 14.5. The van der Waals surface area contributed by atoms with Crippen LogP contribution in [0.15, 0.2) is 42.5 Å². The SMILES string of the molecule is CCc1ccc(C(O)c2ccc(OC)c(OC)c2)cc1. The lowest BCUT2D eigenvalue weighted by molar-refractivity contribution is 0.219. The van der Waals surface area contributed by atoms with Gasteiger partial charge >= 0.3 is 0 Å². The van der Waals surface area contributed by atoms with Crippen molar-refractivity contribution in [1.29, 1.82) is 0 Å². The topological polar surface area (TPSA) is 38.7 Å². The molecule has 0 radical (unpaired) electrons. The molecule has 1 atom stereocenters. The molecule has 0 aromatic heterocycles. The van der Waals surface area contributed by atoms with E-state index in [9.17, 15) is 5.11 Å². The Hall–Kier alpha value is -2.00. The highest BCUT2D eigenvalue weighted by Crippen LogP contribution is 2.32. The third kappa shape index (κ3) is 2.94. The van der Waals surface area contributed by atoms with Crippen LogP contribution in [0.3, 0.4) is 0 Å². The van der Waals surface area contributed by atoms with Crippen molar-refractivity contribution in [1.82, 2.24) is 0 Å². The summed E-state index contributed by atoms with van der Waals surface area (Å²) in [7, 11) is 3.18. The number of aliphatic hydroxyl groups is 1. The molecule has 106 valence electrons. The minimum Gasteiger partial charge on any atom is -0.493 e. The Balaban J connectivity index is 2.29. The van der Waals surface area contributed by atoms with Crippen LogP contribution in [0.25, 0.3) is 0 Å². The number of aryl methyl sites for hydroxylation is 1. The van der Waals surface area contributed by atoms with Gasteiger partial charge in [0.1, 0.15) is 6.10 Å². The smallest absolute Gasteiger partial charge is 0.161 e. The summed E-state index contributed by atoms with van der Waals surface area (Å²) in [5.41, 5.74) is 2.91. The summed E-state index contributed by atoms with van der Waals surface area (Å²) < 4.78 is 10.5. The molecule has 3 heteroatoms. The molecule has 0 aliphatic rings. The van der Waals surface area contributed by atoms with Crippen molar-refractivity contribution in [2.75, 3.05) is 14.2 Å². The molecular weight excluding hydrogens is 252 g/mol. The lowest BCUT2D eigenvalue weighted by Gasteiger charge is -2.15. The van der Waals surface area contributed by atoms with E-state index in [0.717, 1.165) is 17.5 Å². The van der Waals surface area contributed by atoms with Crippen LogP contribution in [-0.2, 0) is 6.42 Å². The fourth-order valence-electron chi connectivity index (χ4n) is 2.15. The molecule has 0 saturated heterocycles. The molecule has 0 fully saturated rings. The summed E-state index contributed by atoms with van der Waals surface area (Å²) in [4.78, 5) is 0. The third-order valence-corrected chi connectivity index (χ3v) is 3.43. The average molecular weight is 272 g/mol. The number of benzene rings is 2. The van der Waals surface area contributed by atoms with Gasteiger partial charge in [0, 0.05) is 0 Å². The molecule has 0 bridgehead atoms. The summed E-state index contributed by atoms with van der Waals surface area (Å²) in [5, 5.41) is 10.4. The lowest BCUT2D eigenvalue weighted by Crippen LogP contribution is -2.01. The fraction of sp³-hybridized carbons (Fsp3) is 0.294. The Morgan fingerprint density at radius 2 is 1.50 bits per heavy atom. The first-order chi connectivity index (χ1) is 9.69. The predicted octanol–water partition coefficient (Wildman–Crippen LogP) is 3.35. The first-order valence-electron chi connectivity index (χ1n) is 6.68. The van der Waals surface area contributed by atoms with Crippen molar-refractivity contribution >= 4 is 0 Å². The highest BCUT2D eigenvalue weighted by atomic mass is 16.5. The van der Waals surface area contributed by atoms with Crippen LogP contribution in [0.1, 0.15) is 29.7 Å². The van der Waals surface area contributed by atoms with E-state index in [1.54, 1.807) is 26.4 Å². The first kappa shape index (κ1) is 14.4. The predicted molar refractivity (Wildman–Crippen MR) is 79.4 cm³/mol. The molecule has 1 N–H and O–H groups in total. The van der Waals surface area contributed by atoms with E-state index in [1.807, 2.05) is 30.3 Å². The van der Waals surface area contributed by atoms with Crippen molar-refractivity contribution in [2.24, 2.45) is 0 Å². The fourth-order valence-corrected chi connectivity index (χ4v) is 2.15. The maximum Gasteiger partial charge on any atom is 0.161 e. The number of methoxy groups -OCH3 is 2. The Morgan fingerprint density at radius 3 is 2.05 bits per heavy atom. The highest BCUT2D eigenvalue weighted by Gasteiger charge is 2.13. The van der Waals surface area contributed by atoms with E-state index in [0.29, 0.717) is 11.5 Å². The lowest BCUT2D eigenvalue weighted by atomic mass is 9.99. The molecule has 0 amide bonds. The van der Waals surface area contributed by atoms with Gasteiger partial charge in [-0.2, -0.15) is 0 Å². The molecule has 20 heavy (non-hydrogen) atoms. The monoisotopic (exact) mass is 272 g/mol. The van der Waals surface area contributed by atoms with Crippen molar-refractivity contribution in [2.45, 2.75) is 19.4 Å². The quantitative estimate of drug-likeness (QED) is 0.907. The van der Waals surface area contributed by atoms with Crippen molar-refractivity contribution in [3.8, 4) is 11.5 Å². The number of ether oxygens (including phenoxy) is 2. The van der Waals surface area contributed by atoms with E-state index >= 15 is 0 Å². The Kier molecular flexibility index (Phi) is 4.64. The Bertz CT molecular complexity index is 561. The van der Waals surface area contributed by atoms with Gasteiger partial charge in [-0.25, -0.2) is 0 Å². The van der Waals surface area contributed by atoms with Crippen LogP contribution < -0.4 is 9.47 Å². The molecular formula is C17H20O3. The highest BCUT2D eigenvalue weighted by molar-refractivity contribution is 5.45. The van der Waals surface area contributed by atoms with Gasteiger partial charge in [-0.05, 0) is 35.2 Å². The molecule has 1 unspecified atom stereocenters. The minimum atomic E-state index is -0.666. The minimum absolute atomic E-state index is 0.620. The molecule has 0 aliphatic carbocycles. The van der Waals surface area contributed by atoms with Crippen LogP contribution >= 0.6 is 0 Å². The van der Waals surface area contributed by atoms with Gasteiger partial charge in [-0.1, -0.05) is 37.3 Å². The molecule has 0 aliphatic heterocycles. The van der Waals surface area contributed by atoms with Crippen LogP contribution in [-0.4, -0.2) is 19.3 Å². The number of aliphatic hydroxyl groups excluding tert-OH is 1. The summed E-state index contributed by atoms with van der Waals surface area (Å²) in [6, 6.07) is 13.5. The molecule has 2 rings (SSSR count). The van der Waals surface area contributed by atoms with Gasteiger partial charge in [0.2, 0.25) is 0 Å². The second-order valence-corrected chi connectivity index (χ2v) is 4.61. The summed E-state index contributed by atoms with van der Waals surface area (Å²) >= 11 is 0. The average Bonchev–Trinajstić information content (AvgIpc) is 2.53. The largest absolute Gasteiger partial charge is 0.493 e. The number of rotatable bonds is 5. The summed E-state index contributed by atoms with van der Waals surface area (Å²) in [6.07, 6.45) is 0.327. The second kappa shape index (κ2) is 6.44. The van der Waals surface area contributed by atoms with Gasteiger partial charge in [0.15, 0.2) is 11.5 Å². The van der Waals surface area contributed by atoms with E-state index in [1.165, 1.54) is 5.56 Å². The van der Waals surface area contributed by atoms with Gasteiger partial charge in [-0.15, -0.1) is 0 Å². The molecule has 0 heterocycles. The van der Waals surface area contributed by atoms with Gasteiger partial charge in [0.25, 0.3) is 0 Å². The van der Waals surface area contributed by atoms with E-state index in [4.69, 9.17) is 9.47 Å². The molecule has 0 saturated carbocycles. The molecule has 2 aromatic carbocycles. The van der Waals surface area contributed by atoms with Gasteiger partial charge in [-0.3, -0.25) is 0 Å². The Morgan fingerprint density at radius 1 is 0.900 bits per heavy atom. The first-order valence-corrected chi connectivity index (χ1v) is 6.68. The molecule has 0 spiro atoms. The van der Waals surface area contributed by atoms with E-state index in [2.05, 4.69) is 6.92 Å². The van der Waals surface area contributed by atoms with Crippen LogP contribution in [0.2, 0.25) is 0 Å². The zero-order valence-corrected chi connectivity index (χ0v) is 12.1. The van der Waals surface area contributed by atoms with E-state index < -0.39 is 6.10 Å². The second-order valence-electron chi connectivity index (χ2n) is 4.61. The Labute approximate surface area is 119 Å². The van der Waals surface area contributed by atoms with Crippen molar-refractivity contribution < 1.29 is 14.6 Å². The van der Waals surface area contributed by atoms with E-state index in [-0.39, 0.29) is 0 Å². The summed E-state index contributed by atoms with van der Waals surface area (Å²) in [5.74, 6) is 1.28. The van der Waals surface area contributed by atoms with Crippen LogP contribution in [0, 0.1) is 0 Å². The standard InChI is InChI=1S/C17H20O3/c1-4-12-5-7-13(8-6-12)17(18)14-9-10-15(19-2)16(11-14)20-3/h5-11,17-18H,4H2,1-3H3. The van der Waals surface area contributed by atoms with Gasteiger partial charge in [0.05, 0.1) is 14.2 Å². The third-order valence-electron chi connectivity index (χ3n) is 3.43. The van der Waals surface area contributed by atoms with Crippen LogP contribution in [0.4, 0.5) is 0 Å². The zero-order valence-electron chi connectivity index (χ0n) is 12.1. The normalized spacial score (nSPS) is 12.0. The van der Waals surface area contributed by atoms with Crippen LogP contribution in [0.5, 0.6) is 11.5 Å². The molecule has 2 aromatic rings. The molecule has 3 nitrogen and oxygen atoms in total. The van der Waals surface area contributed by atoms with Crippen molar-refractivity contribution in [3.05, 3.63) is 59.2 Å². The summed E-state index contributed by atoms with van der Waals surface area (Å²) in [6.45, 7) is 2.11.